The van der Waals surface area contributed by atoms with Gasteiger partial charge in [0.2, 0.25) is 5.91 Å². The Hall–Kier alpha value is -1.40. The maximum absolute atomic E-state index is 12.3. The van der Waals surface area contributed by atoms with Gasteiger partial charge in [-0.25, -0.2) is 0 Å². The van der Waals surface area contributed by atoms with Crippen LogP contribution in [0.4, 0.5) is 0 Å². The van der Waals surface area contributed by atoms with E-state index in [1.54, 1.807) is 12.1 Å². The molecular formula is C16H21BrN2O3. The van der Waals surface area contributed by atoms with E-state index in [-0.39, 0.29) is 24.5 Å². The molecule has 0 radical (unpaired) electrons. The minimum absolute atomic E-state index is 0.0377. The molecule has 1 heterocycles. The summed E-state index contributed by atoms with van der Waals surface area (Å²) in [5.74, 6) is 0.502. The summed E-state index contributed by atoms with van der Waals surface area (Å²) in [6, 6.07) is 5.61. The van der Waals surface area contributed by atoms with Gasteiger partial charge in [0.1, 0.15) is 5.75 Å². The molecule has 6 heteroatoms. The molecule has 0 aromatic heterocycles. The van der Waals surface area contributed by atoms with E-state index in [4.69, 9.17) is 4.74 Å². The molecule has 1 aliphatic rings. The maximum atomic E-state index is 12.3. The average molecular weight is 369 g/mol. The van der Waals surface area contributed by atoms with Gasteiger partial charge in [-0.1, -0.05) is 15.9 Å². The predicted molar refractivity (Wildman–Crippen MR) is 88.3 cm³/mol. The van der Waals surface area contributed by atoms with Gasteiger partial charge in [0.05, 0.1) is 12.7 Å². The molecule has 0 spiro atoms. The summed E-state index contributed by atoms with van der Waals surface area (Å²) in [6.07, 6.45) is 0.436. The molecule has 1 aromatic carbocycles. The minimum atomic E-state index is -0.0744. The second kappa shape index (κ2) is 7.74. The van der Waals surface area contributed by atoms with E-state index in [2.05, 4.69) is 28.2 Å². The Morgan fingerprint density at radius 2 is 2.18 bits per heavy atom. The molecule has 1 unspecified atom stereocenters. The van der Waals surface area contributed by atoms with E-state index in [0.29, 0.717) is 30.4 Å². The second-order valence-electron chi connectivity index (χ2n) is 5.46. The first-order valence-electron chi connectivity index (χ1n) is 7.39. The standard InChI is InChI=1S/C16H21BrN2O3/c1-11-10-19(8-7-18-11)16(21)6-4-14(20)13-9-12(17)3-5-15(13)22-2/h3,5,9,11,18H,4,6-8,10H2,1-2H3. The molecular weight excluding hydrogens is 348 g/mol. The fraction of sp³-hybridized carbons (Fsp3) is 0.500. The van der Waals surface area contributed by atoms with Gasteiger partial charge in [-0.2, -0.15) is 0 Å². The van der Waals surface area contributed by atoms with Crippen LogP contribution in [0.5, 0.6) is 5.75 Å². The van der Waals surface area contributed by atoms with E-state index in [1.807, 2.05) is 11.0 Å². The lowest BCUT2D eigenvalue weighted by Crippen LogP contribution is -2.51. The van der Waals surface area contributed by atoms with Gasteiger partial charge < -0.3 is 15.0 Å². The highest BCUT2D eigenvalue weighted by Crippen LogP contribution is 2.24. The molecule has 0 bridgehead atoms. The van der Waals surface area contributed by atoms with Gasteiger partial charge in [-0.05, 0) is 25.1 Å². The quantitative estimate of drug-likeness (QED) is 0.809. The zero-order chi connectivity index (χ0) is 16.1. The van der Waals surface area contributed by atoms with Crippen molar-refractivity contribution in [2.45, 2.75) is 25.8 Å². The van der Waals surface area contributed by atoms with Crippen molar-refractivity contribution in [3.63, 3.8) is 0 Å². The number of amides is 1. The van der Waals surface area contributed by atoms with Crippen molar-refractivity contribution in [1.82, 2.24) is 10.2 Å². The van der Waals surface area contributed by atoms with E-state index < -0.39 is 0 Å². The number of nitrogens with one attached hydrogen (secondary N) is 1. The zero-order valence-electron chi connectivity index (χ0n) is 12.9. The molecule has 1 N–H and O–H groups in total. The predicted octanol–water partition coefficient (Wildman–Crippen LogP) is 2.24. The van der Waals surface area contributed by atoms with E-state index in [0.717, 1.165) is 11.0 Å². The van der Waals surface area contributed by atoms with Crippen molar-refractivity contribution in [2.75, 3.05) is 26.7 Å². The van der Waals surface area contributed by atoms with E-state index >= 15 is 0 Å². The summed E-state index contributed by atoms with van der Waals surface area (Å²) in [5, 5.41) is 3.30. The fourth-order valence-electron chi connectivity index (χ4n) is 2.57. The number of piperazine rings is 1. The van der Waals surface area contributed by atoms with Gasteiger partial charge >= 0.3 is 0 Å². The van der Waals surface area contributed by atoms with Crippen molar-refractivity contribution in [2.24, 2.45) is 0 Å². The summed E-state index contributed by atoms with van der Waals surface area (Å²) < 4.78 is 6.03. The van der Waals surface area contributed by atoms with E-state index in [1.165, 1.54) is 7.11 Å². The normalized spacial score (nSPS) is 18.1. The van der Waals surface area contributed by atoms with Crippen LogP contribution in [0.3, 0.4) is 0 Å². The van der Waals surface area contributed by atoms with Gasteiger partial charge in [0.25, 0.3) is 0 Å². The molecule has 120 valence electrons. The fourth-order valence-corrected chi connectivity index (χ4v) is 2.93. The highest BCUT2D eigenvalue weighted by Gasteiger charge is 2.21. The van der Waals surface area contributed by atoms with E-state index in [9.17, 15) is 9.59 Å². The largest absolute Gasteiger partial charge is 0.496 e. The zero-order valence-corrected chi connectivity index (χ0v) is 14.5. The smallest absolute Gasteiger partial charge is 0.223 e. The highest BCUT2D eigenvalue weighted by molar-refractivity contribution is 9.10. The lowest BCUT2D eigenvalue weighted by atomic mass is 10.0. The van der Waals surface area contributed by atoms with Crippen molar-refractivity contribution < 1.29 is 14.3 Å². The number of carbonyl (C=O) groups is 2. The van der Waals surface area contributed by atoms with Gasteiger partial charge in [-0.3, -0.25) is 9.59 Å². The number of hydrogen-bond acceptors (Lipinski definition) is 4. The van der Waals surface area contributed by atoms with Crippen molar-refractivity contribution >= 4 is 27.6 Å². The lowest BCUT2D eigenvalue weighted by Gasteiger charge is -2.31. The SMILES string of the molecule is COc1ccc(Br)cc1C(=O)CCC(=O)N1CCNC(C)C1. The van der Waals surface area contributed by atoms with Gasteiger partial charge in [0.15, 0.2) is 5.78 Å². The van der Waals surface area contributed by atoms with Crippen LogP contribution < -0.4 is 10.1 Å². The van der Waals surface area contributed by atoms with Crippen molar-refractivity contribution in [3.8, 4) is 5.75 Å². The third-order valence-corrected chi connectivity index (χ3v) is 4.24. The average Bonchev–Trinajstić information content (AvgIpc) is 2.52. The molecule has 0 aliphatic carbocycles. The van der Waals surface area contributed by atoms with Crippen LogP contribution in [0.1, 0.15) is 30.1 Å². The number of Topliss-reactive ketones (excluding diaryl/α,β-unsaturated/α-hetero) is 1. The first kappa shape index (κ1) is 17.0. The Balaban J connectivity index is 1.95. The summed E-state index contributed by atoms with van der Waals surface area (Å²) in [6.45, 7) is 4.27. The number of rotatable bonds is 5. The highest BCUT2D eigenvalue weighted by atomic mass is 79.9. The molecule has 1 saturated heterocycles. The van der Waals surface area contributed by atoms with Crippen molar-refractivity contribution in [3.05, 3.63) is 28.2 Å². The summed E-state index contributed by atoms with van der Waals surface area (Å²) in [5.41, 5.74) is 0.512. The first-order valence-corrected chi connectivity index (χ1v) is 8.18. The molecule has 1 aliphatic heterocycles. The van der Waals surface area contributed by atoms with Crippen LogP contribution >= 0.6 is 15.9 Å². The summed E-state index contributed by atoms with van der Waals surface area (Å²) >= 11 is 3.35. The third-order valence-electron chi connectivity index (χ3n) is 3.75. The molecule has 1 aromatic rings. The lowest BCUT2D eigenvalue weighted by molar-refractivity contribution is -0.132. The van der Waals surface area contributed by atoms with Gasteiger partial charge in [0, 0.05) is 43.0 Å². The number of halogens is 1. The maximum Gasteiger partial charge on any atom is 0.223 e. The number of ketones is 1. The van der Waals surface area contributed by atoms with Crippen LogP contribution in [0.25, 0.3) is 0 Å². The molecule has 1 atom stereocenters. The number of nitrogens with zero attached hydrogens (tertiary/aromatic N) is 1. The van der Waals surface area contributed by atoms with Crippen LogP contribution in [-0.2, 0) is 4.79 Å². The van der Waals surface area contributed by atoms with Crippen LogP contribution in [0.15, 0.2) is 22.7 Å². The number of hydrogen-bond donors (Lipinski definition) is 1. The summed E-state index contributed by atoms with van der Waals surface area (Å²) in [4.78, 5) is 26.4. The Morgan fingerprint density at radius 1 is 1.41 bits per heavy atom. The molecule has 5 nitrogen and oxygen atoms in total. The Kier molecular flexibility index (Phi) is 5.97. The van der Waals surface area contributed by atoms with Gasteiger partial charge in [-0.15, -0.1) is 0 Å². The monoisotopic (exact) mass is 368 g/mol. The molecule has 1 amide bonds. The Labute approximate surface area is 139 Å². The van der Waals surface area contributed by atoms with Crippen molar-refractivity contribution in [1.29, 1.82) is 0 Å². The second-order valence-corrected chi connectivity index (χ2v) is 6.38. The van der Waals surface area contributed by atoms with Crippen LogP contribution in [-0.4, -0.2) is 49.4 Å². The van der Waals surface area contributed by atoms with Crippen LogP contribution in [0, 0.1) is 0 Å². The number of ether oxygens (including phenoxy) is 1. The number of methoxy groups -OCH3 is 1. The number of benzene rings is 1. The topological polar surface area (TPSA) is 58.6 Å². The molecule has 0 saturated carbocycles. The Bertz CT molecular complexity index is 562. The summed E-state index contributed by atoms with van der Waals surface area (Å²) in [7, 11) is 1.54. The molecule has 22 heavy (non-hydrogen) atoms. The van der Waals surface area contributed by atoms with Crippen LogP contribution in [0.2, 0.25) is 0 Å². The number of carbonyl (C=O) groups excluding carboxylic acids is 2. The Morgan fingerprint density at radius 3 is 2.86 bits per heavy atom. The molecule has 2 rings (SSSR count). The minimum Gasteiger partial charge on any atom is -0.496 e. The first-order chi connectivity index (χ1) is 10.5. The molecule has 1 fully saturated rings. The third kappa shape index (κ3) is 4.30.